The Bertz CT molecular complexity index is 909. The van der Waals surface area contributed by atoms with Crippen LogP contribution in [-0.2, 0) is 4.79 Å². The molecule has 2 amide bonds. The molecule has 0 spiro atoms. The van der Waals surface area contributed by atoms with Crippen molar-refractivity contribution in [3.63, 3.8) is 0 Å². The van der Waals surface area contributed by atoms with E-state index in [1.807, 2.05) is 0 Å². The molecule has 2 aromatic rings. The topological polar surface area (TPSA) is 93.5 Å². The lowest BCUT2D eigenvalue weighted by atomic mass is 9.44. The molecule has 2 bridgehead atoms. The van der Waals surface area contributed by atoms with Crippen LogP contribution in [0.3, 0.4) is 0 Å². The highest BCUT2D eigenvalue weighted by Crippen LogP contribution is 2.60. The summed E-state index contributed by atoms with van der Waals surface area (Å²) in [7, 11) is 0. The quantitative estimate of drug-likeness (QED) is 0.786. The van der Waals surface area contributed by atoms with E-state index in [1.54, 1.807) is 13.0 Å². The second-order valence-corrected chi connectivity index (χ2v) is 7.70. The lowest BCUT2D eigenvalue weighted by molar-refractivity contribution is -0.141. The molecule has 1 heterocycles. The Kier molecular flexibility index (Phi) is 4.10. The van der Waals surface area contributed by atoms with Crippen molar-refractivity contribution in [2.75, 3.05) is 6.61 Å². The van der Waals surface area contributed by atoms with Gasteiger partial charge in [-0.3, -0.25) is 9.59 Å². The summed E-state index contributed by atoms with van der Waals surface area (Å²) in [4.78, 5) is 24.2. The second-order valence-electron chi connectivity index (χ2n) is 7.29. The molecule has 9 heteroatoms. The molecule has 0 radical (unpaired) electrons. The van der Waals surface area contributed by atoms with Crippen LogP contribution in [0.15, 0.2) is 28.8 Å². The largest absolute Gasteiger partial charge is 0.484 e. The summed E-state index contributed by atoms with van der Waals surface area (Å²) < 4.78 is 23.6. The Labute approximate surface area is 159 Å². The van der Waals surface area contributed by atoms with Crippen LogP contribution in [0.2, 0.25) is 5.02 Å². The Morgan fingerprint density at radius 2 is 1.96 bits per heavy atom. The fourth-order valence-electron chi connectivity index (χ4n) is 3.87. The van der Waals surface area contributed by atoms with E-state index in [9.17, 15) is 14.0 Å². The SMILES string of the molecule is Cc1cc(C(=O)NC23CC(NC(=O)COc4ccc(Cl)c(F)c4)(C2)C3)on1. The molecule has 0 saturated heterocycles. The molecule has 142 valence electrons. The first-order valence-corrected chi connectivity index (χ1v) is 8.81. The minimum absolute atomic E-state index is 0.00602. The number of ether oxygens (including phenoxy) is 1. The zero-order valence-electron chi connectivity index (χ0n) is 14.5. The van der Waals surface area contributed by atoms with Gasteiger partial charge in [0.2, 0.25) is 5.76 Å². The highest BCUT2D eigenvalue weighted by atomic mass is 35.5. The van der Waals surface area contributed by atoms with Crippen LogP contribution in [0, 0.1) is 12.7 Å². The summed E-state index contributed by atoms with van der Waals surface area (Å²) in [5.74, 6) is -0.789. The Morgan fingerprint density at radius 3 is 2.59 bits per heavy atom. The van der Waals surface area contributed by atoms with E-state index in [0.29, 0.717) is 25.0 Å². The van der Waals surface area contributed by atoms with Gasteiger partial charge in [-0.2, -0.15) is 0 Å². The van der Waals surface area contributed by atoms with E-state index in [1.165, 1.54) is 12.1 Å². The molecule has 3 saturated carbocycles. The van der Waals surface area contributed by atoms with Gasteiger partial charge in [0.15, 0.2) is 6.61 Å². The van der Waals surface area contributed by atoms with Gasteiger partial charge in [-0.15, -0.1) is 0 Å². The van der Waals surface area contributed by atoms with E-state index in [-0.39, 0.29) is 46.0 Å². The van der Waals surface area contributed by atoms with E-state index in [2.05, 4.69) is 15.8 Å². The Morgan fingerprint density at radius 1 is 1.26 bits per heavy atom. The lowest BCUT2D eigenvalue weighted by Gasteiger charge is -2.70. The predicted octanol–water partition coefficient (Wildman–Crippen LogP) is 2.38. The highest BCUT2D eigenvalue weighted by Gasteiger charge is 2.69. The van der Waals surface area contributed by atoms with Crippen LogP contribution in [0.4, 0.5) is 4.39 Å². The van der Waals surface area contributed by atoms with Crippen LogP contribution in [0.25, 0.3) is 0 Å². The van der Waals surface area contributed by atoms with E-state index < -0.39 is 5.82 Å². The van der Waals surface area contributed by atoms with Crippen molar-refractivity contribution < 1.29 is 23.2 Å². The van der Waals surface area contributed by atoms with Gasteiger partial charge in [-0.1, -0.05) is 16.8 Å². The number of nitrogens with one attached hydrogen (secondary N) is 2. The predicted molar refractivity (Wildman–Crippen MR) is 93.1 cm³/mol. The van der Waals surface area contributed by atoms with Gasteiger partial charge in [-0.05, 0) is 38.3 Å². The maximum atomic E-state index is 13.4. The first-order valence-electron chi connectivity index (χ1n) is 8.43. The van der Waals surface area contributed by atoms with Gasteiger partial charge >= 0.3 is 0 Å². The van der Waals surface area contributed by atoms with Gasteiger partial charge < -0.3 is 19.9 Å². The third-order valence-corrected chi connectivity index (χ3v) is 5.23. The molecule has 0 unspecified atom stereocenters. The molecule has 3 aliphatic rings. The van der Waals surface area contributed by atoms with Gasteiger partial charge in [0.05, 0.1) is 10.7 Å². The van der Waals surface area contributed by atoms with Gasteiger partial charge in [0, 0.05) is 23.2 Å². The number of hydrogen-bond donors (Lipinski definition) is 2. The van der Waals surface area contributed by atoms with Crippen molar-refractivity contribution in [2.45, 2.75) is 37.3 Å². The van der Waals surface area contributed by atoms with E-state index in [0.717, 1.165) is 6.07 Å². The average Bonchev–Trinajstić information content (AvgIpc) is 2.99. The van der Waals surface area contributed by atoms with E-state index >= 15 is 0 Å². The molecular formula is C18H17ClFN3O4. The molecule has 5 rings (SSSR count). The summed E-state index contributed by atoms with van der Waals surface area (Å²) in [5, 5.41) is 9.56. The van der Waals surface area contributed by atoms with Crippen LogP contribution < -0.4 is 15.4 Å². The van der Waals surface area contributed by atoms with Crippen molar-refractivity contribution in [3.05, 3.63) is 46.6 Å². The first kappa shape index (κ1) is 17.8. The van der Waals surface area contributed by atoms with E-state index in [4.69, 9.17) is 20.9 Å². The van der Waals surface area contributed by atoms with Crippen LogP contribution in [-0.4, -0.2) is 34.7 Å². The Balaban J connectivity index is 1.23. The minimum Gasteiger partial charge on any atom is -0.484 e. The van der Waals surface area contributed by atoms with Crippen LogP contribution in [0.1, 0.15) is 35.5 Å². The maximum Gasteiger partial charge on any atom is 0.290 e. The molecule has 1 aromatic carbocycles. The summed E-state index contributed by atoms with van der Waals surface area (Å²) in [6, 6.07) is 5.57. The van der Waals surface area contributed by atoms with Gasteiger partial charge in [0.1, 0.15) is 11.6 Å². The third kappa shape index (κ3) is 3.37. The molecule has 7 nitrogen and oxygen atoms in total. The molecule has 1 aromatic heterocycles. The zero-order valence-corrected chi connectivity index (χ0v) is 15.2. The molecular weight excluding hydrogens is 377 g/mol. The highest BCUT2D eigenvalue weighted by molar-refractivity contribution is 6.30. The summed E-state index contributed by atoms with van der Waals surface area (Å²) in [5.41, 5.74) is 0.0312. The number of hydrogen-bond acceptors (Lipinski definition) is 5. The number of nitrogens with zero attached hydrogens (tertiary/aromatic N) is 1. The third-order valence-electron chi connectivity index (χ3n) is 4.93. The number of halogens is 2. The monoisotopic (exact) mass is 393 g/mol. The normalized spacial score (nSPS) is 25.1. The standard InChI is InChI=1S/C18H17ClFN3O4/c1-10-4-14(27-23-10)16(25)22-18-7-17(8-18,9-18)21-15(24)6-26-11-2-3-12(19)13(20)5-11/h2-5H,6-9H2,1H3,(H,21,24)(H,22,25). The Hall–Kier alpha value is -2.61. The number of carbonyl (C=O) groups excluding carboxylic acids is 2. The first-order chi connectivity index (χ1) is 12.8. The van der Waals surface area contributed by atoms with Crippen molar-refractivity contribution >= 4 is 23.4 Å². The number of aromatic nitrogens is 1. The number of benzene rings is 1. The number of amides is 2. The summed E-state index contributed by atoms with van der Waals surface area (Å²) >= 11 is 5.60. The number of aryl methyl sites for hydroxylation is 1. The van der Waals surface area contributed by atoms with Gasteiger partial charge in [-0.25, -0.2) is 4.39 Å². The van der Waals surface area contributed by atoms with Crippen LogP contribution >= 0.6 is 11.6 Å². The molecule has 0 atom stereocenters. The summed E-state index contributed by atoms with van der Waals surface area (Å²) in [6.45, 7) is 1.52. The fraction of sp³-hybridized carbons (Fsp3) is 0.389. The van der Waals surface area contributed by atoms with Crippen LogP contribution in [0.5, 0.6) is 5.75 Å². The smallest absolute Gasteiger partial charge is 0.290 e. The van der Waals surface area contributed by atoms with Crippen molar-refractivity contribution in [2.24, 2.45) is 0 Å². The van der Waals surface area contributed by atoms with Crippen molar-refractivity contribution in [1.82, 2.24) is 15.8 Å². The molecule has 2 N–H and O–H groups in total. The zero-order chi connectivity index (χ0) is 19.2. The molecule has 0 aliphatic heterocycles. The summed E-state index contributed by atoms with van der Waals surface area (Å²) in [6.07, 6.45) is 1.96. The average molecular weight is 394 g/mol. The molecule has 27 heavy (non-hydrogen) atoms. The minimum atomic E-state index is -0.603. The maximum absolute atomic E-state index is 13.4. The number of rotatable bonds is 6. The van der Waals surface area contributed by atoms with Crippen molar-refractivity contribution in [1.29, 1.82) is 0 Å². The number of carbonyl (C=O) groups is 2. The fourth-order valence-corrected chi connectivity index (χ4v) is 3.99. The van der Waals surface area contributed by atoms with Gasteiger partial charge in [0.25, 0.3) is 11.8 Å². The second kappa shape index (κ2) is 6.23. The molecule has 3 fully saturated rings. The van der Waals surface area contributed by atoms with Crippen molar-refractivity contribution in [3.8, 4) is 5.75 Å². The lowest BCUT2D eigenvalue weighted by Crippen LogP contribution is -2.84. The molecule has 3 aliphatic carbocycles.